The van der Waals surface area contributed by atoms with Crippen LogP contribution in [0.3, 0.4) is 0 Å². The molecule has 4 heteroatoms. The molecule has 0 radical (unpaired) electrons. The number of carbonyl (C=O) groups is 1. The maximum Gasteiger partial charge on any atom is 0.407 e. The summed E-state index contributed by atoms with van der Waals surface area (Å²) in [7, 11) is 0. The van der Waals surface area contributed by atoms with Gasteiger partial charge >= 0.3 is 6.09 Å². The summed E-state index contributed by atoms with van der Waals surface area (Å²) in [6, 6.07) is 0.799. The summed E-state index contributed by atoms with van der Waals surface area (Å²) in [5, 5.41) is 6.46. The van der Waals surface area contributed by atoms with Crippen LogP contribution in [0.2, 0.25) is 0 Å². The Morgan fingerprint density at radius 2 is 2.00 bits per heavy atom. The van der Waals surface area contributed by atoms with Gasteiger partial charge in [0.15, 0.2) is 0 Å². The van der Waals surface area contributed by atoms with Crippen LogP contribution in [0.1, 0.15) is 60.3 Å². The van der Waals surface area contributed by atoms with Crippen LogP contribution in [-0.2, 0) is 4.74 Å². The second-order valence-corrected chi connectivity index (χ2v) is 6.64. The van der Waals surface area contributed by atoms with Crippen molar-refractivity contribution in [3.05, 3.63) is 0 Å². The lowest BCUT2D eigenvalue weighted by Gasteiger charge is -2.22. The van der Waals surface area contributed by atoms with Crippen molar-refractivity contribution in [2.75, 3.05) is 6.54 Å². The first kappa shape index (κ1) is 16.3. The number of amides is 1. The van der Waals surface area contributed by atoms with Gasteiger partial charge in [0.1, 0.15) is 5.60 Å². The van der Waals surface area contributed by atoms with Crippen molar-refractivity contribution in [1.82, 2.24) is 10.6 Å². The molecule has 2 unspecified atom stereocenters. The summed E-state index contributed by atoms with van der Waals surface area (Å²) in [5.74, 6) is 0.888. The highest BCUT2D eigenvalue weighted by Gasteiger charge is 2.29. The van der Waals surface area contributed by atoms with E-state index < -0.39 is 5.60 Å². The quantitative estimate of drug-likeness (QED) is 0.747. The van der Waals surface area contributed by atoms with E-state index in [-0.39, 0.29) is 12.1 Å². The topological polar surface area (TPSA) is 50.4 Å². The molecule has 1 rings (SSSR count). The molecule has 0 aromatic rings. The van der Waals surface area contributed by atoms with Crippen LogP contribution < -0.4 is 10.6 Å². The average molecular weight is 270 g/mol. The summed E-state index contributed by atoms with van der Waals surface area (Å²) in [5.41, 5.74) is -0.429. The first-order valence-corrected chi connectivity index (χ1v) is 7.54. The smallest absolute Gasteiger partial charge is 0.407 e. The van der Waals surface area contributed by atoms with Crippen molar-refractivity contribution in [2.45, 2.75) is 78.0 Å². The Labute approximate surface area is 117 Å². The van der Waals surface area contributed by atoms with Gasteiger partial charge in [0.25, 0.3) is 0 Å². The molecule has 0 bridgehead atoms. The number of rotatable bonds is 7. The molecule has 0 aliphatic heterocycles. The molecule has 1 fully saturated rings. The Bertz CT molecular complexity index is 282. The van der Waals surface area contributed by atoms with Crippen LogP contribution >= 0.6 is 0 Å². The fourth-order valence-corrected chi connectivity index (χ4v) is 2.21. The number of alkyl carbamates (subject to hydrolysis) is 1. The van der Waals surface area contributed by atoms with Crippen LogP contribution in [0, 0.1) is 5.92 Å². The summed E-state index contributed by atoms with van der Waals surface area (Å²) in [6.07, 6.45) is 4.55. The van der Waals surface area contributed by atoms with Gasteiger partial charge in [0, 0.05) is 12.1 Å². The monoisotopic (exact) mass is 270 g/mol. The second-order valence-electron chi connectivity index (χ2n) is 6.64. The Balaban J connectivity index is 2.13. The molecule has 0 aromatic carbocycles. The van der Waals surface area contributed by atoms with Crippen LogP contribution in [0.5, 0.6) is 0 Å². The highest BCUT2D eigenvalue weighted by Crippen LogP contribution is 2.33. The van der Waals surface area contributed by atoms with E-state index in [0.29, 0.717) is 6.04 Å². The Morgan fingerprint density at radius 1 is 1.37 bits per heavy atom. The second kappa shape index (κ2) is 7.13. The first-order chi connectivity index (χ1) is 8.81. The molecule has 1 aliphatic rings. The Hall–Kier alpha value is -0.770. The maximum absolute atomic E-state index is 11.6. The average Bonchev–Trinajstić information content (AvgIpc) is 3.05. The molecule has 1 aliphatic carbocycles. The van der Waals surface area contributed by atoms with Gasteiger partial charge in [-0.2, -0.15) is 0 Å². The van der Waals surface area contributed by atoms with E-state index >= 15 is 0 Å². The van der Waals surface area contributed by atoms with Crippen LogP contribution in [0.15, 0.2) is 0 Å². The third-order valence-corrected chi connectivity index (χ3v) is 3.38. The molecule has 112 valence electrons. The molecule has 19 heavy (non-hydrogen) atoms. The number of ether oxygens (including phenoxy) is 1. The minimum absolute atomic E-state index is 0.138. The van der Waals surface area contributed by atoms with Crippen molar-refractivity contribution in [3.8, 4) is 0 Å². The van der Waals surface area contributed by atoms with E-state index in [2.05, 4.69) is 17.6 Å². The molecule has 0 saturated heterocycles. The van der Waals surface area contributed by atoms with Gasteiger partial charge in [-0.3, -0.25) is 0 Å². The maximum atomic E-state index is 11.6. The highest BCUT2D eigenvalue weighted by atomic mass is 16.6. The summed E-state index contributed by atoms with van der Waals surface area (Å²) < 4.78 is 5.23. The minimum Gasteiger partial charge on any atom is -0.444 e. The lowest BCUT2D eigenvalue weighted by atomic mass is 10.1. The van der Waals surface area contributed by atoms with Crippen molar-refractivity contribution >= 4 is 6.09 Å². The van der Waals surface area contributed by atoms with Crippen LogP contribution in [0.4, 0.5) is 4.79 Å². The molecule has 2 atom stereocenters. The lowest BCUT2D eigenvalue weighted by molar-refractivity contribution is 0.0506. The van der Waals surface area contributed by atoms with Gasteiger partial charge in [0.2, 0.25) is 0 Å². The lowest BCUT2D eigenvalue weighted by Crippen LogP contribution is -2.40. The van der Waals surface area contributed by atoms with E-state index in [1.807, 2.05) is 27.7 Å². The normalized spacial score (nSPS) is 18.8. The van der Waals surface area contributed by atoms with Gasteiger partial charge in [0.05, 0.1) is 0 Å². The minimum atomic E-state index is -0.429. The predicted octanol–water partition coefficient (Wildman–Crippen LogP) is 3.07. The molecule has 4 nitrogen and oxygen atoms in total. The van der Waals surface area contributed by atoms with E-state index in [1.54, 1.807) is 0 Å². The third kappa shape index (κ3) is 7.41. The van der Waals surface area contributed by atoms with Crippen molar-refractivity contribution < 1.29 is 9.53 Å². The van der Waals surface area contributed by atoms with Crippen molar-refractivity contribution in [1.29, 1.82) is 0 Å². The van der Waals surface area contributed by atoms with Crippen LogP contribution in [0.25, 0.3) is 0 Å². The molecular weight excluding hydrogens is 240 g/mol. The third-order valence-electron chi connectivity index (χ3n) is 3.38. The van der Waals surface area contributed by atoms with Gasteiger partial charge in [-0.1, -0.05) is 6.92 Å². The Morgan fingerprint density at radius 3 is 2.47 bits per heavy atom. The number of hydrogen-bond donors (Lipinski definition) is 2. The van der Waals surface area contributed by atoms with E-state index in [9.17, 15) is 4.79 Å². The molecule has 0 aromatic heterocycles. The van der Waals surface area contributed by atoms with Crippen molar-refractivity contribution in [2.24, 2.45) is 5.92 Å². The SMILES string of the molecule is CCC(NCCC(C)NC(=O)OC(C)(C)C)C1CC1. The molecule has 1 saturated carbocycles. The van der Waals surface area contributed by atoms with Gasteiger partial charge in [-0.25, -0.2) is 4.79 Å². The Kier molecular flexibility index (Phi) is 6.11. The van der Waals surface area contributed by atoms with Gasteiger partial charge < -0.3 is 15.4 Å². The molecule has 1 amide bonds. The van der Waals surface area contributed by atoms with Crippen molar-refractivity contribution in [3.63, 3.8) is 0 Å². The summed E-state index contributed by atoms with van der Waals surface area (Å²) >= 11 is 0. The fourth-order valence-electron chi connectivity index (χ4n) is 2.21. The predicted molar refractivity (Wildman–Crippen MR) is 78.3 cm³/mol. The fraction of sp³-hybridized carbons (Fsp3) is 0.933. The summed E-state index contributed by atoms with van der Waals surface area (Å²) in [4.78, 5) is 11.6. The molecule has 2 N–H and O–H groups in total. The van der Waals surface area contributed by atoms with Crippen LogP contribution in [-0.4, -0.2) is 30.3 Å². The van der Waals surface area contributed by atoms with Gasteiger partial charge in [-0.05, 0) is 65.8 Å². The molecule has 0 spiro atoms. The number of nitrogens with one attached hydrogen (secondary N) is 2. The summed E-state index contributed by atoms with van der Waals surface area (Å²) in [6.45, 7) is 10.8. The van der Waals surface area contributed by atoms with E-state index in [0.717, 1.165) is 18.9 Å². The largest absolute Gasteiger partial charge is 0.444 e. The number of carbonyl (C=O) groups excluding carboxylic acids is 1. The zero-order valence-electron chi connectivity index (χ0n) is 13.1. The zero-order valence-corrected chi connectivity index (χ0v) is 13.1. The van der Waals surface area contributed by atoms with E-state index in [4.69, 9.17) is 4.74 Å². The zero-order chi connectivity index (χ0) is 14.5. The number of hydrogen-bond acceptors (Lipinski definition) is 3. The first-order valence-electron chi connectivity index (χ1n) is 7.54. The van der Waals surface area contributed by atoms with Gasteiger partial charge in [-0.15, -0.1) is 0 Å². The molecule has 0 heterocycles. The van der Waals surface area contributed by atoms with E-state index in [1.165, 1.54) is 19.3 Å². The standard InChI is InChI=1S/C15H30N2O2/c1-6-13(12-7-8-12)16-10-9-11(2)17-14(18)19-15(3,4)5/h11-13,16H,6-10H2,1-5H3,(H,17,18). The molecular formula is C15H30N2O2. The highest BCUT2D eigenvalue weighted by molar-refractivity contribution is 5.67.